The minimum Gasteiger partial charge on any atom is -1.00 e. The Bertz CT molecular complexity index is 714. The van der Waals surface area contributed by atoms with Crippen LogP contribution in [-0.4, -0.2) is 58.9 Å². The van der Waals surface area contributed by atoms with Gasteiger partial charge in [0, 0.05) is 18.0 Å². The maximum Gasteiger partial charge on any atom is 2.00 e. The maximum atomic E-state index is 10.3. The first-order valence-electron chi connectivity index (χ1n) is 12.4. The van der Waals surface area contributed by atoms with Crippen molar-refractivity contribution in [2.24, 2.45) is 0 Å². The Hall–Kier alpha value is -0.840. The Morgan fingerprint density at radius 1 is 0.781 bits per heavy atom. The first-order chi connectivity index (χ1) is 15.1. The summed E-state index contributed by atoms with van der Waals surface area (Å²) in [6.45, 7) is 2.27. The van der Waals surface area contributed by atoms with Crippen molar-refractivity contribution in [1.82, 2.24) is 4.98 Å². The van der Waals surface area contributed by atoms with E-state index in [2.05, 4.69) is 11.9 Å². The van der Waals surface area contributed by atoms with Crippen LogP contribution < -0.4 is 0 Å². The molecule has 0 saturated carbocycles. The number of phenols is 1. The molecular weight excluding hydrogens is 426 g/mol. The summed E-state index contributed by atoms with van der Waals surface area (Å²) in [4.78, 5) is 14.4. The van der Waals surface area contributed by atoms with Gasteiger partial charge in [0.2, 0.25) is 0 Å². The number of hydrogen-bond donors (Lipinski definition) is 2. The van der Waals surface area contributed by atoms with Gasteiger partial charge in [-0.2, -0.15) is 0 Å². The minimum atomic E-state index is -0.653. The quantitative estimate of drug-likeness (QED) is 0.191. The molecule has 0 saturated heterocycles. The minimum absolute atomic E-state index is 0. The Morgan fingerprint density at radius 3 is 1.72 bits per heavy atom. The second kappa shape index (κ2) is 22.0. The van der Waals surface area contributed by atoms with Crippen molar-refractivity contribution in [1.29, 1.82) is 0 Å². The van der Waals surface area contributed by atoms with Gasteiger partial charge in [-0.25, -0.2) is 0 Å². The molecule has 2 rings (SSSR count). The van der Waals surface area contributed by atoms with Crippen molar-refractivity contribution in [3.8, 4) is 5.75 Å². The fourth-order valence-electron chi connectivity index (χ4n) is 3.74. The molecule has 0 aliphatic carbocycles. The normalized spacial score (nSPS) is 10.3. The number of benzene rings is 1. The third-order valence-electron chi connectivity index (χ3n) is 5.61. The third-order valence-corrected chi connectivity index (χ3v) is 5.61. The van der Waals surface area contributed by atoms with Crippen LogP contribution in [0.3, 0.4) is 0 Å². The number of phenolic OH excluding ortho intramolecular Hbond substituents is 1. The Kier molecular flexibility index (Phi) is 21.4. The zero-order valence-corrected chi connectivity index (χ0v) is 22.4. The van der Waals surface area contributed by atoms with Crippen molar-refractivity contribution in [2.45, 2.75) is 110 Å². The van der Waals surface area contributed by atoms with Gasteiger partial charge in [0.1, 0.15) is 11.3 Å². The largest absolute Gasteiger partial charge is 2.00 e. The van der Waals surface area contributed by atoms with E-state index < -0.39 is 5.97 Å². The fraction of sp³-hybridized carbons (Fsp3) is 0.630. The van der Waals surface area contributed by atoms with Gasteiger partial charge < -0.3 is 13.1 Å². The number of aromatic nitrogens is 1. The summed E-state index contributed by atoms with van der Waals surface area (Å²) in [5.74, 6) is -0.414. The van der Waals surface area contributed by atoms with Gasteiger partial charge in [0.05, 0.1) is 0 Å². The standard InChI is InChI=1S/C18H36O2.C9H7NO.Ca.2H/c1-2-3-4-5-6-7-8-9-10-11-12-13-14-15-16-17-18(19)20;11-8-5-1-3-7-4-2-6-10-9(7)8;;;/h2-17H2,1H3,(H,19,20);1-6,11H;;;/q;;+2;2*-1. The molecule has 0 spiro atoms. The number of unbranched alkanes of at least 4 members (excludes halogenated alkanes) is 14. The zero-order chi connectivity index (χ0) is 22.6. The van der Waals surface area contributed by atoms with Crippen LogP contribution in [0.2, 0.25) is 0 Å². The first kappa shape index (κ1) is 31.2. The molecule has 1 aromatic carbocycles. The van der Waals surface area contributed by atoms with Crippen LogP contribution in [0.15, 0.2) is 36.5 Å². The first-order valence-corrected chi connectivity index (χ1v) is 12.4. The van der Waals surface area contributed by atoms with Crippen LogP contribution in [0, 0.1) is 0 Å². The van der Waals surface area contributed by atoms with Gasteiger partial charge >= 0.3 is 43.7 Å². The van der Waals surface area contributed by atoms with E-state index in [-0.39, 0.29) is 46.3 Å². The number of pyridine rings is 1. The van der Waals surface area contributed by atoms with E-state index in [1.807, 2.05) is 18.2 Å². The number of aliphatic carboxylic acids is 1. The summed E-state index contributed by atoms with van der Waals surface area (Å²) in [6.07, 6.45) is 21.9. The second-order valence-electron chi connectivity index (χ2n) is 8.45. The smallest absolute Gasteiger partial charge is 1.00 e. The molecule has 0 amide bonds. The molecule has 0 aliphatic rings. The van der Waals surface area contributed by atoms with Crippen molar-refractivity contribution in [2.75, 3.05) is 0 Å². The molecule has 2 N–H and O–H groups in total. The Balaban J connectivity index is -0.000000582. The van der Waals surface area contributed by atoms with Crippen LogP contribution in [0.25, 0.3) is 10.9 Å². The van der Waals surface area contributed by atoms with E-state index in [1.54, 1.807) is 18.3 Å². The summed E-state index contributed by atoms with van der Waals surface area (Å²) in [6, 6.07) is 9.13. The van der Waals surface area contributed by atoms with Gasteiger partial charge in [-0.05, 0) is 18.6 Å². The van der Waals surface area contributed by atoms with E-state index in [0.29, 0.717) is 11.9 Å². The molecule has 178 valence electrons. The van der Waals surface area contributed by atoms with Crippen LogP contribution in [0.5, 0.6) is 5.75 Å². The number of nitrogens with zero attached hydrogens (tertiary/aromatic N) is 1. The topological polar surface area (TPSA) is 70.4 Å². The van der Waals surface area contributed by atoms with Crippen molar-refractivity contribution < 1.29 is 17.9 Å². The van der Waals surface area contributed by atoms with Gasteiger partial charge in [-0.1, -0.05) is 115 Å². The molecule has 4 nitrogen and oxygen atoms in total. The zero-order valence-electron chi connectivity index (χ0n) is 22.2. The Morgan fingerprint density at radius 2 is 1.25 bits per heavy atom. The summed E-state index contributed by atoms with van der Waals surface area (Å²) < 4.78 is 0. The fourth-order valence-corrected chi connectivity index (χ4v) is 3.74. The number of carbonyl (C=O) groups is 1. The van der Waals surface area contributed by atoms with Crippen LogP contribution in [0.1, 0.15) is 113 Å². The van der Waals surface area contributed by atoms with Gasteiger partial charge in [0.25, 0.3) is 0 Å². The SMILES string of the molecule is CCCCCCCCCCCCCCCCCC(=O)O.Oc1cccc2cccnc12.[Ca+2].[H-].[H-]. The number of aromatic hydroxyl groups is 1. The number of rotatable bonds is 16. The summed E-state index contributed by atoms with van der Waals surface area (Å²) >= 11 is 0. The van der Waals surface area contributed by atoms with E-state index in [0.717, 1.165) is 18.2 Å². The van der Waals surface area contributed by atoms with E-state index in [9.17, 15) is 9.90 Å². The molecule has 0 bridgehead atoms. The number of para-hydroxylation sites is 1. The molecule has 32 heavy (non-hydrogen) atoms. The number of carboxylic acids is 1. The van der Waals surface area contributed by atoms with Crippen LogP contribution in [-0.2, 0) is 4.79 Å². The molecule has 2 aromatic rings. The van der Waals surface area contributed by atoms with Gasteiger partial charge in [-0.15, -0.1) is 0 Å². The molecule has 0 atom stereocenters. The molecule has 0 radical (unpaired) electrons. The summed E-state index contributed by atoms with van der Waals surface area (Å²) in [5, 5.41) is 18.8. The van der Waals surface area contributed by atoms with Crippen molar-refractivity contribution >= 4 is 54.6 Å². The predicted octanol–water partition coefficient (Wildman–Crippen LogP) is 8.12. The van der Waals surface area contributed by atoms with E-state index >= 15 is 0 Å². The van der Waals surface area contributed by atoms with E-state index in [1.165, 1.54) is 83.5 Å². The summed E-state index contributed by atoms with van der Waals surface area (Å²) in [7, 11) is 0. The average molecular weight is 472 g/mol. The monoisotopic (exact) mass is 471 g/mol. The van der Waals surface area contributed by atoms with Crippen LogP contribution >= 0.6 is 0 Å². The summed E-state index contributed by atoms with van der Waals surface area (Å²) in [5.41, 5.74) is 0.662. The predicted molar refractivity (Wildman–Crippen MR) is 139 cm³/mol. The molecule has 1 heterocycles. The molecule has 5 heteroatoms. The average Bonchev–Trinajstić information content (AvgIpc) is 2.77. The third kappa shape index (κ3) is 16.7. The van der Waals surface area contributed by atoms with Gasteiger partial charge in [-0.3, -0.25) is 9.78 Å². The maximum absolute atomic E-state index is 10.3. The van der Waals surface area contributed by atoms with Crippen LogP contribution in [0.4, 0.5) is 0 Å². The van der Waals surface area contributed by atoms with Gasteiger partial charge in [0.15, 0.2) is 0 Å². The van der Waals surface area contributed by atoms with Crippen molar-refractivity contribution in [3.05, 3.63) is 36.5 Å². The number of hydrogen-bond acceptors (Lipinski definition) is 3. The molecule has 0 aliphatic heterocycles. The molecule has 1 aromatic heterocycles. The molecule has 0 fully saturated rings. The van der Waals surface area contributed by atoms with E-state index in [4.69, 9.17) is 5.11 Å². The number of carboxylic acid groups (broad SMARTS) is 1. The Labute approximate surface area is 228 Å². The number of fused-ring (bicyclic) bond motifs is 1. The second-order valence-corrected chi connectivity index (χ2v) is 8.45. The molecular formula is C27H45CaNO3. The van der Waals surface area contributed by atoms with Crippen molar-refractivity contribution in [3.63, 3.8) is 0 Å². The molecule has 0 unspecified atom stereocenters.